The highest BCUT2D eigenvalue weighted by Gasteiger charge is 2.18. The first kappa shape index (κ1) is 13.1. The van der Waals surface area contributed by atoms with Crippen molar-refractivity contribution in [2.45, 2.75) is 0 Å². The number of hydrogen-bond donors (Lipinski definition) is 1. The molecule has 0 spiro atoms. The van der Waals surface area contributed by atoms with E-state index in [0.717, 1.165) is 19.6 Å². The van der Waals surface area contributed by atoms with E-state index in [1.807, 2.05) is 0 Å². The number of carbonyl (C=O) groups is 2. The van der Waals surface area contributed by atoms with Crippen molar-refractivity contribution in [1.29, 1.82) is 0 Å². The molecular weight excluding hydrogens is 212 g/mol. The third kappa shape index (κ3) is 3.88. The monoisotopic (exact) mass is 230 g/mol. The zero-order valence-electron chi connectivity index (χ0n) is 9.52. The Morgan fingerprint density at radius 2 is 2.00 bits per heavy atom. The first-order valence-corrected chi connectivity index (χ1v) is 5.34. The highest BCUT2D eigenvalue weighted by atomic mass is 16.5. The number of nitrogens with zero attached hydrogens (tertiary/aromatic N) is 2. The van der Waals surface area contributed by atoms with Crippen molar-refractivity contribution in [3.8, 4) is 0 Å². The maximum Gasteiger partial charge on any atom is 0.292 e. The van der Waals surface area contributed by atoms with E-state index in [1.165, 1.54) is 4.90 Å². The molecule has 0 aromatic rings. The van der Waals surface area contributed by atoms with Gasteiger partial charge < -0.3 is 14.7 Å². The van der Waals surface area contributed by atoms with Gasteiger partial charge in [0.1, 0.15) is 6.61 Å². The summed E-state index contributed by atoms with van der Waals surface area (Å²) in [6.07, 6.45) is 0. The van der Waals surface area contributed by atoms with Gasteiger partial charge in [0.15, 0.2) is 0 Å². The van der Waals surface area contributed by atoms with Crippen LogP contribution in [-0.4, -0.2) is 79.6 Å². The van der Waals surface area contributed by atoms with Gasteiger partial charge in [-0.15, -0.1) is 0 Å². The summed E-state index contributed by atoms with van der Waals surface area (Å²) >= 11 is 0. The van der Waals surface area contributed by atoms with Gasteiger partial charge in [0.25, 0.3) is 5.91 Å². The molecule has 1 heterocycles. The zero-order valence-corrected chi connectivity index (χ0v) is 9.52. The predicted molar refractivity (Wildman–Crippen MR) is 57.0 cm³/mol. The smallest absolute Gasteiger partial charge is 0.292 e. The molecule has 0 aromatic heterocycles. The predicted octanol–water partition coefficient (Wildman–Crippen LogP) is -1.66. The molecule has 16 heavy (non-hydrogen) atoms. The van der Waals surface area contributed by atoms with Gasteiger partial charge in [0, 0.05) is 33.2 Å². The number of amides is 1. The topological polar surface area (TPSA) is 70.1 Å². The van der Waals surface area contributed by atoms with Crippen LogP contribution in [0.3, 0.4) is 0 Å². The average molecular weight is 230 g/mol. The summed E-state index contributed by atoms with van der Waals surface area (Å²) in [7, 11) is 1.57. The van der Waals surface area contributed by atoms with Crippen LogP contribution in [0.4, 0.5) is 0 Å². The van der Waals surface area contributed by atoms with Gasteiger partial charge in [0.05, 0.1) is 13.2 Å². The summed E-state index contributed by atoms with van der Waals surface area (Å²) in [6.45, 7) is 3.64. The van der Waals surface area contributed by atoms with Crippen molar-refractivity contribution >= 4 is 11.7 Å². The van der Waals surface area contributed by atoms with E-state index in [0.29, 0.717) is 19.8 Å². The van der Waals surface area contributed by atoms with E-state index < -0.39 is 18.3 Å². The lowest BCUT2D eigenvalue weighted by molar-refractivity contribution is -0.145. The van der Waals surface area contributed by atoms with Crippen molar-refractivity contribution in [2.24, 2.45) is 0 Å². The Morgan fingerprint density at radius 1 is 1.38 bits per heavy atom. The third-order valence-corrected chi connectivity index (χ3v) is 2.58. The quantitative estimate of drug-likeness (QED) is 0.572. The molecular formula is C10H18N2O4. The lowest BCUT2D eigenvalue weighted by Crippen LogP contribution is -2.43. The molecule has 1 fully saturated rings. The van der Waals surface area contributed by atoms with E-state index in [1.54, 1.807) is 7.05 Å². The molecule has 1 amide bonds. The SMILES string of the molecule is CN(CCN1CCOCC1)C(=O)C(=O)CO. The Hall–Kier alpha value is -0.980. The molecule has 1 aliphatic rings. The summed E-state index contributed by atoms with van der Waals surface area (Å²) in [5.74, 6) is -1.39. The summed E-state index contributed by atoms with van der Waals surface area (Å²) in [5, 5.41) is 8.55. The molecule has 0 unspecified atom stereocenters. The number of ether oxygens (including phenoxy) is 1. The molecule has 0 atom stereocenters. The summed E-state index contributed by atoms with van der Waals surface area (Å²) in [5.41, 5.74) is 0. The molecule has 1 aliphatic heterocycles. The van der Waals surface area contributed by atoms with Crippen LogP contribution in [0.15, 0.2) is 0 Å². The van der Waals surface area contributed by atoms with Crippen molar-refractivity contribution in [2.75, 3.05) is 53.0 Å². The molecule has 1 N–H and O–H groups in total. The number of ketones is 1. The fourth-order valence-corrected chi connectivity index (χ4v) is 1.50. The van der Waals surface area contributed by atoms with Crippen LogP contribution in [0.1, 0.15) is 0 Å². The second-order valence-electron chi connectivity index (χ2n) is 3.76. The third-order valence-electron chi connectivity index (χ3n) is 2.58. The van der Waals surface area contributed by atoms with Crippen LogP contribution in [0, 0.1) is 0 Å². The average Bonchev–Trinajstić information content (AvgIpc) is 2.35. The zero-order chi connectivity index (χ0) is 12.0. The van der Waals surface area contributed by atoms with Gasteiger partial charge in [-0.2, -0.15) is 0 Å². The van der Waals surface area contributed by atoms with Gasteiger partial charge in [0.2, 0.25) is 5.78 Å². The number of likely N-dealkylation sites (N-methyl/N-ethyl adjacent to an activating group) is 1. The van der Waals surface area contributed by atoms with E-state index in [-0.39, 0.29) is 0 Å². The fraction of sp³-hybridized carbons (Fsp3) is 0.800. The standard InChI is InChI=1S/C10H18N2O4/c1-11(10(15)9(14)8-13)2-3-12-4-6-16-7-5-12/h13H,2-8H2,1H3. The van der Waals surface area contributed by atoms with Gasteiger partial charge in [-0.25, -0.2) is 0 Å². The first-order valence-electron chi connectivity index (χ1n) is 5.34. The second kappa shape index (κ2) is 6.57. The lowest BCUT2D eigenvalue weighted by Gasteiger charge is -2.28. The van der Waals surface area contributed by atoms with Crippen molar-refractivity contribution in [3.05, 3.63) is 0 Å². The Labute approximate surface area is 94.8 Å². The fourth-order valence-electron chi connectivity index (χ4n) is 1.50. The first-order chi connectivity index (χ1) is 7.65. The number of carbonyl (C=O) groups excluding carboxylic acids is 2. The number of morpholine rings is 1. The van der Waals surface area contributed by atoms with Crippen LogP contribution >= 0.6 is 0 Å². The van der Waals surface area contributed by atoms with Gasteiger partial charge in [-0.3, -0.25) is 14.5 Å². The molecule has 0 aliphatic carbocycles. The van der Waals surface area contributed by atoms with E-state index in [2.05, 4.69) is 4.90 Å². The van der Waals surface area contributed by atoms with Crippen LogP contribution < -0.4 is 0 Å². The highest BCUT2D eigenvalue weighted by Crippen LogP contribution is 1.97. The summed E-state index contributed by atoms with van der Waals surface area (Å²) < 4.78 is 5.20. The number of aliphatic hydroxyl groups is 1. The second-order valence-corrected chi connectivity index (χ2v) is 3.76. The number of rotatable bonds is 5. The summed E-state index contributed by atoms with van der Waals surface area (Å²) in [6, 6.07) is 0. The Kier molecular flexibility index (Phi) is 5.37. The molecule has 6 heteroatoms. The molecule has 0 aromatic carbocycles. The largest absolute Gasteiger partial charge is 0.388 e. The molecule has 0 radical (unpaired) electrons. The highest BCUT2D eigenvalue weighted by molar-refractivity contribution is 6.36. The van der Waals surface area contributed by atoms with Crippen molar-refractivity contribution in [1.82, 2.24) is 9.80 Å². The molecule has 6 nitrogen and oxygen atoms in total. The van der Waals surface area contributed by atoms with E-state index >= 15 is 0 Å². The number of aliphatic hydroxyl groups excluding tert-OH is 1. The van der Waals surface area contributed by atoms with E-state index in [4.69, 9.17) is 9.84 Å². The van der Waals surface area contributed by atoms with Crippen molar-refractivity contribution in [3.63, 3.8) is 0 Å². The Morgan fingerprint density at radius 3 is 2.56 bits per heavy atom. The number of Topliss-reactive ketones (excluding diaryl/α,β-unsaturated/α-hetero) is 1. The minimum Gasteiger partial charge on any atom is -0.388 e. The normalized spacial score (nSPS) is 17.1. The van der Waals surface area contributed by atoms with Gasteiger partial charge in [-0.1, -0.05) is 0 Å². The Balaban J connectivity index is 2.25. The Bertz CT molecular complexity index is 251. The van der Waals surface area contributed by atoms with Crippen LogP contribution in [-0.2, 0) is 14.3 Å². The lowest BCUT2D eigenvalue weighted by atomic mass is 10.3. The minimum absolute atomic E-state index is 0.491. The van der Waals surface area contributed by atoms with Gasteiger partial charge in [-0.05, 0) is 0 Å². The summed E-state index contributed by atoms with van der Waals surface area (Å²) in [4.78, 5) is 25.8. The van der Waals surface area contributed by atoms with Crippen molar-refractivity contribution < 1.29 is 19.4 Å². The molecule has 1 rings (SSSR count). The maximum atomic E-state index is 11.3. The van der Waals surface area contributed by atoms with E-state index in [9.17, 15) is 9.59 Å². The van der Waals surface area contributed by atoms with Crippen LogP contribution in [0.2, 0.25) is 0 Å². The molecule has 0 bridgehead atoms. The maximum absolute atomic E-state index is 11.3. The molecule has 92 valence electrons. The molecule has 1 saturated heterocycles. The van der Waals surface area contributed by atoms with Crippen LogP contribution in [0.25, 0.3) is 0 Å². The number of hydrogen-bond acceptors (Lipinski definition) is 5. The van der Waals surface area contributed by atoms with Gasteiger partial charge >= 0.3 is 0 Å². The minimum atomic E-state index is -0.760. The molecule has 0 saturated carbocycles. The van der Waals surface area contributed by atoms with Crippen LogP contribution in [0.5, 0.6) is 0 Å².